The molecule has 0 bridgehead atoms. The highest BCUT2D eigenvalue weighted by Gasteiger charge is 2.33. The Labute approximate surface area is 124 Å². The van der Waals surface area contributed by atoms with Crippen LogP contribution in [0.1, 0.15) is 31.7 Å². The molecule has 1 aliphatic rings. The average Bonchev–Trinajstić information content (AvgIpc) is 2.89. The summed E-state index contributed by atoms with van der Waals surface area (Å²) in [5.74, 6) is -0.617. The second-order valence-electron chi connectivity index (χ2n) is 5.30. The average molecular weight is 291 g/mol. The first-order valence-corrected chi connectivity index (χ1v) is 7.34. The molecule has 114 valence electrons. The fourth-order valence-corrected chi connectivity index (χ4v) is 2.74. The molecule has 0 radical (unpaired) electrons. The van der Waals surface area contributed by atoms with Crippen LogP contribution in [0.5, 0.6) is 5.75 Å². The van der Waals surface area contributed by atoms with Gasteiger partial charge < -0.3 is 15.2 Å². The van der Waals surface area contributed by atoms with Gasteiger partial charge in [-0.1, -0.05) is 18.6 Å². The van der Waals surface area contributed by atoms with E-state index in [1.807, 2.05) is 31.2 Å². The van der Waals surface area contributed by atoms with Crippen molar-refractivity contribution in [1.29, 1.82) is 0 Å². The summed E-state index contributed by atoms with van der Waals surface area (Å²) in [7, 11) is 0. The number of amides is 1. The number of carbonyl (C=O) groups excluding carboxylic acids is 1. The number of carbonyl (C=O) groups is 2. The zero-order valence-corrected chi connectivity index (χ0v) is 12.2. The second-order valence-corrected chi connectivity index (χ2v) is 5.30. The lowest BCUT2D eigenvalue weighted by Crippen LogP contribution is -2.40. The van der Waals surface area contributed by atoms with Gasteiger partial charge in [0, 0.05) is 6.04 Å². The Morgan fingerprint density at radius 2 is 2.00 bits per heavy atom. The normalized spacial score (nSPS) is 21.0. The minimum Gasteiger partial charge on any atom is -0.494 e. The molecule has 2 atom stereocenters. The molecule has 21 heavy (non-hydrogen) atoms. The number of hydrogen-bond acceptors (Lipinski definition) is 3. The van der Waals surface area contributed by atoms with E-state index in [-0.39, 0.29) is 18.4 Å². The maximum atomic E-state index is 12.0. The molecule has 0 aromatic heterocycles. The van der Waals surface area contributed by atoms with Gasteiger partial charge in [0.25, 0.3) is 0 Å². The first-order valence-electron chi connectivity index (χ1n) is 7.34. The zero-order valence-electron chi connectivity index (χ0n) is 12.2. The van der Waals surface area contributed by atoms with Crippen LogP contribution >= 0.6 is 0 Å². The van der Waals surface area contributed by atoms with Crippen molar-refractivity contribution in [3.63, 3.8) is 0 Å². The summed E-state index contributed by atoms with van der Waals surface area (Å²) in [6.45, 7) is 2.53. The number of benzene rings is 1. The van der Waals surface area contributed by atoms with Crippen molar-refractivity contribution in [1.82, 2.24) is 5.32 Å². The van der Waals surface area contributed by atoms with E-state index in [0.29, 0.717) is 13.0 Å². The predicted octanol–water partition coefficient (Wildman–Crippen LogP) is 2.00. The van der Waals surface area contributed by atoms with Gasteiger partial charge in [0.05, 0.1) is 18.9 Å². The molecule has 1 aromatic rings. The van der Waals surface area contributed by atoms with Crippen molar-refractivity contribution in [2.75, 3.05) is 6.61 Å². The number of rotatable bonds is 6. The molecule has 1 aromatic carbocycles. The highest BCUT2D eigenvalue weighted by Crippen LogP contribution is 2.25. The Bertz CT molecular complexity index is 498. The third-order valence-electron chi connectivity index (χ3n) is 3.78. The van der Waals surface area contributed by atoms with Crippen LogP contribution in [0.3, 0.4) is 0 Å². The number of aliphatic carboxylic acids is 1. The van der Waals surface area contributed by atoms with Crippen LogP contribution in [0, 0.1) is 5.92 Å². The lowest BCUT2D eigenvalue weighted by atomic mass is 10.0. The van der Waals surface area contributed by atoms with Crippen molar-refractivity contribution in [2.24, 2.45) is 5.92 Å². The number of ether oxygens (including phenoxy) is 1. The van der Waals surface area contributed by atoms with Crippen LogP contribution in [0.4, 0.5) is 0 Å². The van der Waals surface area contributed by atoms with E-state index >= 15 is 0 Å². The van der Waals surface area contributed by atoms with Crippen molar-refractivity contribution in [3.05, 3.63) is 29.8 Å². The van der Waals surface area contributed by atoms with Crippen LogP contribution in [0.15, 0.2) is 24.3 Å². The summed E-state index contributed by atoms with van der Waals surface area (Å²) >= 11 is 0. The monoisotopic (exact) mass is 291 g/mol. The number of carboxylic acids is 1. The molecule has 1 fully saturated rings. The Balaban J connectivity index is 1.88. The summed E-state index contributed by atoms with van der Waals surface area (Å²) in [6, 6.07) is 7.14. The van der Waals surface area contributed by atoms with E-state index in [4.69, 9.17) is 9.84 Å². The predicted molar refractivity (Wildman–Crippen MR) is 78.2 cm³/mol. The number of nitrogens with one attached hydrogen (secondary N) is 1. The van der Waals surface area contributed by atoms with E-state index in [9.17, 15) is 9.59 Å². The summed E-state index contributed by atoms with van der Waals surface area (Å²) in [5, 5.41) is 11.9. The van der Waals surface area contributed by atoms with Crippen molar-refractivity contribution in [2.45, 2.75) is 38.6 Å². The fourth-order valence-electron chi connectivity index (χ4n) is 2.74. The van der Waals surface area contributed by atoms with Crippen LogP contribution < -0.4 is 10.1 Å². The molecule has 2 N–H and O–H groups in total. The summed E-state index contributed by atoms with van der Waals surface area (Å²) < 4.78 is 5.35. The van der Waals surface area contributed by atoms with Crippen LogP contribution in [0.25, 0.3) is 0 Å². The summed E-state index contributed by atoms with van der Waals surface area (Å²) in [4.78, 5) is 23.1. The third-order valence-corrected chi connectivity index (χ3v) is 3.78. The first kappa shape index (κ1) is 15.4. The van der Waals surface area contributed by atoms with Crippen molar-refractivity contribution >= 4 is 11.9 Å². The molecular weight excluding hydrogens is 270 g/mol. The van der Waals surface area contributed by atoms with E-state index in [1.165, 1.54) is 0 Å². The molecule has 1 aliphatic carbocycles. The van der Waals surface area contributed by atoms with Gasteiger partial charge >= 0.3 is 5.97 Å². The maximum absolute atomic E-state index is 12.0. The molecule has 5 heteroatoms. The van der Waals surface area contributed by atoms with Crippen LogP contribution in [-0.4, -0.2) is 29.6 Å². The third kappa shape index (κ3) is 4.21. The number of carboxylic acid groups (broad SMARTS) is 1. The Kier molecular flexibility index (Phi) is 5.20. The lowest BCUT2D eigenvalue weighted by molar-refractivity contribution is -0.142. The van der Waals surface area contributed by atoms with E-state index < -0.39 is 11.9 Å². The summed E-state index contributed by atoms with van der Waals surface area (Å²) in [6.07, 6.45) is 2.50. The zero-order chi connectivity index (χ0) is 15.2. The first-order chi connectivity index (χ1) is 10.1. The molecule has 5 nitrogen and oxygen atoms in total. The maximum Gasteiger partial charge on any atom is 0.308 e. The molecule has 1 saturated carbocycles. The minimum atomic E-state index is -0.820. The van der Waals surface area contributed by atoms with Gasteiger partial charge in [0.15, 0.2) is 0 Å². The second kappa shape index (κ2) is 7.11. The molecule has 2 rings (SSSR count). The van der Waals surface area contributed by atoms with E-state index in [2.05, 4.69) is 5.32 Å². The van der Waals surface area contributed by atoms with Gasteiger partial charge in [0.2, 0.25) is 5.91 Å². The van der Waals surface area contributed by atoms with E-state index in [1.54, 1.807) is 0 Å². The minimum absolute atomic E-state index is 0.127. The van der Waals surface area contributed by atoms with Crippen molar-refractivity contribution in [3.8, 4) is 5.75 Å². The molecule has 0 aliphatic heterocycles. The fraction of sp³-hybridized carbons (Fsp3) is 0.500. The van der Waals surface area contributed by atoms with Gasteiger partial charge in [-0.05, 0) is 37.5 Å². The lowest BCUT2D eigenvalue weighted by Gasteiger charge is -2.17. The molecule has 0 spiro atoms. The standard InChI is InChI=1S/C16H21NO4/c1-2-21-12-8-6-11(7-9-12)10-15(18)17-14-5-3-4-13(14)16(19)20/h6-9,13-14H,2-5,10H2,1H3,(H,17,18)(H,19,20)/t13-,14+/m0/s1. The van der Waals surface area contributed by atoms with Crippen LogP contribution in [0.2, 0.25) is 0 Å². The highest BCUT2D eigenvalue weighted by atomic mass is 16.5. The van der Waals surface area contributed by atoms with Gasteiger partial charge in [-0.25, -0.2) is 0 Å². The smallest absolute Gasteiger partial charge is 0.308 e. The van der Waals surface area contributed by atoms with Gasteiger partial charge in [-0.15, -0.1) is 0 Å². The van der Waals surface area contributed by atoms with Gasteiger partial charge in [-0.3, -0.25) is 9.59 Å². The van der Waals surface area contributed by atoms with Gasteiger partial charge in [0.1, 0.15) is 5.75 Å². The number of hydrogen-bond donors (Lipinski definition) is 2. The van der Waals surface area contributed by atoms with Crippen molar-refractivity contribution < 1.29 is 19.4 Å². The topological polar surface area (TPSA) is 75.6 Å². The summed E-state index contributed by atoms with van der Waals surface area (Å²) in [5.41, 5.74) is 0.890. The van der Waals surface area contributed by atoms with E-state index in [0.717, 1.165) is 24.2 Å². The Hall–Kier alpha value is -2.04. The quantitative estimate of drug-likeness (QED) is 0.840. The Morgan fingerprint density at radius 3 is 2.62 bits per heavy atom. The van der Waals surface area contributed by atoms with Gasteiger partial charge in [-0.2, -0.15) is 0 Å². The van der Waals surface area contributed by atoms with Crippen LogP contribution in [-0.2, 0) is 16.0 Å². The molecule has 1 amide bonds. The molecule has 0 unspecified atom stereocenters. The Morgan fingerprint density at radius 1 is 1.29 bits per heavy atom. The molecule has 0 heterocycles. The largest absolute Gasteiger partial charge is 0.494 e. The SMILES string of the molecule is CCOc1ccc(CC(=O)N[C@@H]2CCC[C@@H]2C(=O)O)cc1. The molecular formula is C16H21NO4. The highest BCUT2D eigenvalue weighted by molar-refractivity contribution is 5.80. The molecule has 0 saturated heterocycles.